The minimum absolute atomic E-state index is 0.0305. The van der Waals surface area contributed by atoms with Crippen LogP contribution in [0.15, 0.2) is 42.6 Å². The highest BCUT2D eigenvalue weighted by Gasteiger charge is 2.29. The van der Waals surface area contributed by atoms with Gasteiger partial charge in [-0.2, -0.15) is 0 Å². The minimum Gasteiger partial charge on any atom is -0.379 e. The van der Waals surface area contributed by atoms with Crippen molar-refractivity contribution >= 4 is 22.8 Å². The van der Waals surface area contributed by atoms with Crippen LogP contribution in [0, 0.1) is 18.7 Å². The predicted octanol–water partition coefficient (Wildman–Crippen LogP) is 2.88. The summed E-state index contributed by atoms with van der Waals surface area (Å²) in [5.74, 6) is 0.395. The zero-order valence-corrected chi connectivity index (χ0v) is 20.0. The Kier molecular flexibility index (Phi) is 7.15. The molecule has 1 unspecified atom stereocenters. The Morgan fingerprint density at radius 2 is 1.94 bits per heavy atom. The fourth-order valence-electron chi connectivity index (χ4n) is 4.95. The fourth-order valence-corrected chi connectivity index (χ4v) is 4.95. The summed E-state index contributed by atoms with van der Waals surface area (Å²) in [7, 11) is 0. The highest BCUT2D eigenvalue weighted by molar-refractivity contribution is 5.82. The second kappa shape index (κ2) is 10.6. The molecule has 2 aromatic heterocycles. The van der Waals surface area contributed by atoms with Crippen LogP contribution in [0.5, 0.6) is 0 Å². The highest BCUT2D eigenvalue weighted by atomic mass is 19.1. The number of carbonyl (C=O) groups excluding carboxylic acids is 1. The number of hydrogen-bond acceptors (Lipinski definition) is 7. The summed E-state index contributed by atoms with van der Waals surface area (Å²) >= 11 is 0. The number of ether oxygens (including phenoxy) is 1. The molecule has 1 N–H and O–H groups in total. The maximum atomic E-state index is 13.6. The molecular formula is C26H31FN6O2. The highest BCUT2D eigenvalue weighted by Crippen LogP contribution is 2.25. The molecule has 35 heavy (non-hydrogen) atoms. The molecule has 8 nitrogen and oxygen atoms in total. The number of piperidine rings is 1. The van der Waals surface area contributed by atoms with Crippen LogP contribution in [0.1, 0.15) is 30.3 Å². The van der Waals surface area contributed by atoms with Gasteiger partial charge >= 0.3 is 0 Å². The molecule has 4 heterocycles. The molecule has 1 atom stereocenters. The second-order valence-electron chi connectivity index (χ2n) is 9.20. The largest absolute Gasteiger partial charge is 0.379 e. The Morgan fingerprint density at radius 1 is 1.14 bits per heavy atom. The monoisotopic (exact) mass is 478 g/mol. The van der Waals surface area contributed by atoms with Crippen molar-refractivity contribution in [3.63, 3.8) is 0 Å². The molecule has 2 saturated heterocycles. The van der Waals surface area contributed by atoms with Gasteiger partial charge in [-0.15, -0.1) is 0 Å². The molecule has 5 rings (SSSR count). The van der Waals surface area contributed by atoms with E-state index in [2.05, 4.69) is 30.1 Å². The number of aryl methyl sites for hydroxylation is 1. The van der Waals surface area contributed by atoms with E-state index in [1.165, 1.54) is 12.1 Å². The van der Waals surface area contributed by atoms with Gasteiger partial charge < -0.3 is 15.0 Å². The van der Waals surface area contributed by atoms with Crippen molar-refractivity contribution in [1.82, 2.24) is 25.2 Å². The normalized spacial score (nSPS) is 18.5. The van der Waals surface area contributed by atoms with Crippen molar-refractivity contribution in [2.75, 3.05) is 50.8 Å². The lowest BCUT2D eigenvalue weighted by Gasteiger charge is -2.35. The average Bonchev–Trinajstić information content (AvgIpc) is 2.90. The number of hydrogen-bond donors (Lipinski definition) is 1. The van der Waals surface area contributed by atoms with Crippen LogP contribution in [0.3, 0.4) is 0 Å². The van der Waals surface area contributed by atoms with E-state index in [-0.39, 0.29) is 23.7 Å². The first-order chi connectivity index (χ1) is 17.1. The summed E-state index contributed by atoms with van der Waals surface area (Å²) in [5.41, 5.74) is 2.46. The number of nitrogens with one attached hydrogen (secondary N) is 1. The van der Waals surface area contributed by atoms with Gasteiger partial charge in [-0.1, -0.05) is 6.07 Å². The topological polar surface area (TPSA) is 83.5 Å². The van der Waals surface area contributed by atoms with Crippen LogP contribution < -0.4 is 10.2 Å². The SMILES string of the molecule is Cc1nc(N2CCC(C(=O)NCC(c3ccccn3)N3CCOCC3)CC2)nc2ccc(F)cc12. The lowest BCUT2D eigenvalue weighted by atomic mass is 9.96. The summed E-state index contributed by atoms with van der Waals surface area (Å²) in [5, 5.41) is 3.92. The zero-order valence-electron chi connectivity index (χ0n) is 20.0. The first kappa shape index (κ1) is 23.6. The van der Waals surface area contributed by atoms with E-state index in [1.54, 1.807) is 12.3 Å². The van der Waals surface area contributed by atoms with Gasteiger partial charge in [-0.3, -0.25) is 14.7 Å². The third-order valence-electron chi connectivity index (χ3n) is 6.97. The van der Waals surface area contributed by atoms with E-state index in [0.717, 1.165) is 48.2 Å². The first-order valence-electron chi connectivity index (χ1n) is 12.3. The number of amides is 1. The number of morpholine rings is 1. The van der Waals surface area contributed by atoms with Gasteiger partial charge in [-0.25, -0.2) is 14.4 Å². The van der Waals surface area contributed by atoms with Crippen LogP contribution in [0.2, 0.25) is 0 Å². The van der Waals surface area contributed by atoms with E-state index < -0.39 is 0 Å². The molecule has 0 aliphatic carbocycles. The van der Waals surface area contributed by atoms with Crippen molar-refractivity contribution in [3.8, 4) is 0 Å². The lowest BCUT2D eigenvalue weighted by Crippen LogP contribution is -2.46. The molecular weight excluding hydrogens is 447 g/mol. The van der Waals surface area contributed by atoms with E-state index in [4.69, 9.17) is 4.74 Å². The average molecular weight is 479 g/mol. The second-order valence-corrected chi connectivity index (χ2v) is 9.20. The maximum Gasteiger partial charge on any atom is 0.226 e. The molecule has 2 fully saturated rings. The molecule has 2 aliphatic heterocycles. The molecule has 1 aromatic carbocycles. The predicted molar refractivity (Wildman–Crippen MR) is 132 cm³/mol. The summed E-state index contributed by atoms with van der Waals surface area (Å²) in [6, 6.07) is 10.5. The number of pyridine rings is 1. The van der Waals surface area contributed by atoms with Crippen molar-refractivity contribution < 1.29 is 13.9 Å². The summed E-state index contributed by atoms with van der Waals surface area (Å²) in [6.45, 7) is 6.86. The van der Waals surface area contributed by atoms with Crippen molar-refractivity contribution in [1.29, 1.82) is 0 Å². The lowest BCUT2D eigenvalue weighted by molar-refractivity contribution is -0.126. The fraction of sp³-hybridized carbons (Fsp3) is 0.462. The van der Waals surface area contributed by atoms with Crippen LogP contribution in [-0.4, -0.2) is 71.7 Å². The molecule has 3 aromatic rings. The molecule has 184 valence electrons. The van der Waals surface area contributed by atoms with Crippen LogP contribution in [0.25, 0.3) is 10.9 Å². The van der Waals surface area contributed by atoms with Gasteiger partial charge in [0, 0.05) is 50.2 Å². The molecule has 9 heteroatoms. The molecule has 0 saturated carbocycles. The number of nitrogens with zero attached hydrogens (tertiary/aromatic N) is 5. The standard InChI is InChI=1S/C26H31FN6O2/c1-18-21-16-20(27)5-6-22(21)31-26(30-18)33-10-7-19(8-11-33)25(34)29-17-24(23-4-2-3-9-28-23)32-12-14-35-15-13-32/h2-6,9,16,19,24H,7-8,10-15,17H2,1H3,(H,29,34). The number of carbonyl (C=O) groups is 1. The van der Waals surface area contributed by atoms with Crippen molar-refractivity contribution in [3.05, 3.63) is 59.8 Å². The molecule has 0 bridgehead atoms. The van der Waals surface area contributed by atoms with Gasteiger partial charge in [0.15, 0.2) is 0 Å². The molecule has 0 radical (unpaired) electrons. The van der Waals surface area contributed by atoms with Crippen molar-refractivity contribution in [2.45, 2.75) is 25.8 Å². The summed E-state index contributed by atoms with van der Waals surface area (Å²) < 4.78 is 19.1. The third-order valence-corrected chi connectivity index (χ3v) is 6.97. The molecule has 1 amide bonds. The van der Waals surface area contributed by atoms with Gasteiger partial charge in [0.2, 0.25) is 11.9 Å². The summed E-state index contributed by atoms with van der Waals surface area (Å²) in [4.78, 5) is 31.3. The molecule has 0 spiro atoms. The van der Waals surface area contributed by atoms with Crippen LogP contribution in [0.4, 0.5) is 10.3 Å². The molecule has 2 aliphatic rings. The van der Waals surface area contributed by atoms with Crippen LogP contribution in [-0.2, 0) is 9.53 Å². The number of benzene rings is 1. The number of anilines is 1. The summed E-state index contributed by atoms with van der Waals surface area (Å²) in [6.07, 6.45) is 3.27. The van der Waals surface area contributed by atoms with Crippen LogP contribution >= 0.6 is 0 Å². The Hall–Kier alpha value is -3.17. The Bertz CT molecular complexity index is 1160. The number of halogens is 1. The van der Waals surface area contributed by atoms with E-state index in [0.29, 0.717) is 38.8 Å². The maximum absolute atomic E-state index is 13.6. The number of rotatable bonds is 6. The van der Waals surface area contributed by atoms with Gasteiger partial charge in [0.1, 0.15) is 5.82 Å². The third kappa shape index (κ3) is 5.41. The van der Waals surface area contributed by atoms with E-state index >= 15 is 0 Å². The Balaban J connectivity index is 1.19. The Morgan fingerprint density at radius 3 is 2.69 bits per heavy atom. The number of aromatic nitrogens is 3. The van der Waals surface area contributed by atoms with E-state index in [1.807, 2.05) is 25.1 Å². The smallest absolute Gasteiger partial charge is 0.226 e. The minimum atomic E-state index is -0.289. The van der Waals surface area contributed by atoms with Crippen molar-refractivity contribution in [2.24, 2.45) is 5.92 Å². The number of fused-ring (bicyclic) bond motifs is 1. The van der Waals surface area contributed by atoms with Gasteiger partial charge in [-0.05, 0) is 50.1 Å². The first-order valence-corrected chi connectivity index (χ1v) is 12.3. The quantitative estimate of drug-likeness (QED) is 0.583. The van der Waals surface area contributed by atoms with Gasteiger partial charge in [0.25, 0.3) is 0 Å². The zero-order chi connectivity index (χ0) is 24.2. The van der Waals surface area contributed by atoms with E-state index in [9.17, 15) is 9.18 Å². The Labute approximate surface area is 204 Å². The van der Waals surface area contributed by atoms with Gasteiger partial charge in [0.05, 0.1) is 36.2 Å².